The standard InChI is InChI=1S/C16H22/c1-5-6-7-12(4)14-10-15-13(8-11(2)3)9-16(14)15/h5,7-8,12,14-16H,2,9-10H2,1,3-4H3. The first-order chi connectivity index (χ1) is 7.63. The quantitative estimate of drug-likeness (QED) is 0.606. The van der Waals surface area contributed by atoms with Crippen LogP contribution in [0.3, 0.4) is 0 Å². The molecule has 86 valence electrons. The molecule has 2 fully saturated rings. The first kappa shape index (κ1) is 11.5. The van der Waals surface area contributed by atoms with Gasteiger partial charge in [-0.1, -0.05) is 30.7 Å². The van der Waals surface area contributed by atoms with Crippen molar-refractivity contribution in [1.82, 2.24) is 0 Å². The molecule has 0 aromatic rings. The Hall–Kier alpha value is -1.00. The number of rotatable bonds is 3. The molecule has 0 bridgehead atoms. The van der Waals surface area contributed by atoms with Crippen molar-refractivity contribution in [2.75, 3.05) is 0 Å². The van der Waals surface area contributed by atoms with Crippen molar-refractivity contribution >= 4 is 0 Å². The van der Waals surface area contributed by atoms with Gasteiger partial charge in [0.25, 0.3) is 0 Å². The van der Waals surface area contributed by atoms with Crippen molar-refractivity contribution in [3.63, 3.8) is 0 Å². The van der Waals surface area contributed by atoms with Gasteiger partial charge in [-0.05, 0) is 62.5 Å². The van der Waals surface area contributed by atoms with E-state index < -0.39 is 0 Å². The second kappa shape index (κ2) is 4.47. The molecule has 0 heteroatoms. The van der Waals surface area contributed by atoms with E-state index in [0.717, 1.165) is 17.8 Å². The number of hydrogen-bond acceptors (Lipinski definition) is 0. The van der Waals surface area contributed by atoms with E-state index in [9.17, 15) is 0 Å². The zero-order valence-electron chi connectivity index (χ0n) is 10.7. The molecule has 0 aromatic carbocycles. The summed E-state index contributed by atoms with van der Waals surface area (Å²) in [6, 6.07) is 0. The van der Waals surface area contributed by atoms with Gasteiger partial charge < -0.3 is 0 Å². The van der Waals surface area contributed by atoms with E-state index in [0.29, 0.717) is 5.92 Å². The van der Waals surface area contributed by atoms with Gasteiger partial charge in [0.05, 0.1) is 0 Å². The number of allylic oxidation sites excluding steroid dienone is 4. The Bertz CT molecular complexity index is 377. The first-order valence-electron chi connectivity index (χ1n) is 6.36. The Morgan fingerprint density at radius 1 is 1.56 bits per heavy atom. The Kier molecular flexibility index (Phi) is 3.21. The van der Waals surface area contributed by atoms with E-state index in [-0.39, 0.29) is 0 Å². The van der Waals surface area contributed by atoms with E-state index in [1.807, 2.05) is 13.0 Å². The molecule has 2 aliphatic rings. The van der Waals surface area contributed by atoms with Crippen LogP contribution in [0.1, 0.15) is 33.6 Å². The molecule has 0 heterocycles. The second-order valence-corrected chi connectivity index (χ2v) is 5.42. The Morgan fingerprint density at radius 3 is 2.81 bits per heavy atom. The fourth-order valence-electron chi connectivity index (χ4n) is 3.19. The summed E-state index contributed by atoms with van der Waals surface area (Å²) < 4.78 is 0. The summed E-state index contributed by atoms with van der Waals surface area (Å²) in [7, 11) is 0. The van der Waals surface area contributed by atoms with Crippen LogP contribution >= 0.6 is 0 Å². The lowest BCUT2D eigenvalue weighted by molar-refractivity contribution is 0.0114. The molecule has 4 atom stereocenters. The first-order valence-corrected chi connectivity index (χ1v) is 6.36. The molecule has 4 unspecified atom stereocenters. The van der Waals surface area contributed by atoms with Crippen LogP contribution in [0.15, 0.2) is 41.7 Å². The minimum absolute atomic E-state index is 0.698. The molecule has 0 aromatic heterocycles. The molecule has 2 saturated carbocycles. The third-order valence-electron chi connectivity index (χ3n) is 4.17. The lowest BCUT2D eigenvalue weighted by Crippen LogP contribution is -2.48. The van der Waals surface area contributed by atoms with Gasteiger partial charge in [0, 0.05) is 0 Å². The fourth-order valence-corrected chi connectivity index (χ4v) is 3.19. The molecular weight excluding hydrogens is 192 g/mol. The van der Waals surface area contributed by atoms with Crippen molar-refractivity contribution < 1.29 is 0 Å². The van der Waals surface area contributed by atoms with Crippen LogP contribution in [0.4, 0.5) is 0 Å². The molecule has 16 heavy (non-hydrogen) atoms. The molecule has 0 saturated heterocycles. The summed E-state index contributed by atoms with van der Waals surface area (Å²) in [5.74, 6) is 3.45. The van der Waals surface area contributed by atoms with Gasteiger partial charge in [-0.3, -0.25) is 0 Å². The highest BCUT2D eigenvalue weighted by molar-refractivity contribution is 5.31. The van der Waals surface area contributed by atoms with E-state index in [4.69, 9.17) is 0 Å². The van der Waals surface area contributed by atoms with Crippen LogP contribution in [0, 0.1) is 23.7 Å². The van der Waals surface area contributed by atoms with E-state index >= 15 is 0 Å². The summed E-state index contributed by atoms with van der Waals surface area (Å²) in [6.07, 6.45) is 9.23. The molecule has 0 N–H and O–H groups in total. The molecule has 2 aliphatic carbocycles. The van der Waals surface area contributed by atoms with Gasteiger partial charge >= 0.3 is 0 Å². The van der Waals surface area contributed by atoms with Crippen LogP contribution in [0.25, 0.3) is 0 Å². The summed E-state index contributed by atoms with van der Waals surface area (Å²) in [5, 5.41) is 0. The van der Waals surface area contributed by atoms with Crippen LogP contribution in [-0.2, 0) is 0 Å². The maximum atomic E-state index is 3.96. The van der Waals surface area contributed by atoms with Crippen molar-refractivity contribution in [3.8, 4) is 0 Å². The molecular formula is C16H22. The highest BCUT2D eigenvalue weighted by Crippen LogP contribution is 2.60. The van der Waals surface area contributed by atoms with Gasteiger partial charge in [-0.15, -0.1) is 5.73 Å². The number of hydrogen-bond donors (Lipinski definition) is 0. The van der Waals surface area contributed by atoms with Crippen LogP contribution in [-0.4, -0.2) is 0 Å². The highest BCUT2D eigenvalue weighted by Gasteiger charge is 2.51. The lowest BCUT2D eigenvalue weighted by Gasteiger charge is -2.57. The van der Waals surface area contributed by atoms with Crippen molar-refractivity contribution in [2.45, 2.75) is 33.6 Å². The summed E-state index contributed by atoms with van der Waals surface area (Å²) in [5.41, 5.74) is 6.08. The second-order valence-electron chi connectivity index (χ2n) is 5.42. The van der Waals surface area contributed by atoms with E-state index in [1.54, 1.807) is 5.57 Å². The van der Waals surface area contributed by atoms with Crippen LogP contribution in [0.5, 0.6) is 0 Å². The topological polar surface area (TPSA) is 0 Å². The molecule has 0 spiro atoms. The smallest absolute Gasteiger partial charge is 0.0154 e. The van der Waals surface area contributed by atoms with Crippen molar-refractivity contribution in [2.24, 2.45) is 23.7 Å². The van der Waals surface area contributed by atoms with Gasteiger partial charge in [-0.25, -0.2) is 0 Å². The third kappa shape index (κ3) is 1.95. The average Bonchev–Trinajstić information content (AvgIpc) is 2.21. The zero-order chi connectivity index (χ0) is 11.7. The van der Waals surface area contributed by atoms with Crippen LogP contribution < -0.4 is 0 Å². The summed E-state index contributed by atoms with van der Waals surface area (Å²) >= 11 is 0. The van der Waals surface area contributed by atoms with Gasteiger partial charge in [0.2, 0.25) is 0 Å². The van der Waals surface area contributed by atoms with Crippen molar-refractivity contribution in [1.29, 1.82) is 0 Å². The van der Waals surface area contributed by atoms with E-state index in [1.165, 1.54) is 18.4 Å². The maximum Gasteiger partial charge on any atom is -0.0154 e. The SMILES string of the molecule is C=C(C)C=C1CC2C1CC2C(C)C=C=CC. The maximum absolute atomic E-state index is 3.96. The van der Waals surface area contributed by atoms with Gasteiger partial charge in [0.1, 0.15) is 0 Å². The Balaban J connectivity index is 1.90. The monoisotopic (exact) mass is 214 g/mol. The minimum atomic E-state index is 0.698. The molecule has 0 aliphatic heterocycles. The average molecular weight is 214 g/mol. The normalized spacial score (nSPS) is 35.2. The highest BCUT2D eigenvalue weighted by atomic mass is 14.6. The largest absolute Gasteiger partial charge is 0.130 e. The van der Waals surface area contributed by atoms with Gasteiger partial charge in [-0.2, -0.15) is 0 Å². The Labute approximate surface area is 99.4 Å². The zero-order valence-corrected chi connectivity index (χ0v) is 10.7. The lowest BCUT2D eigenvalue weighted by atomic mass is 9.48. The Morgan fingerprint density at radius 2 is 2.31 bits per heavy atom. The molecule has 0 nitrogen and oxygen atoms in total. The molecule has 2 rings (SSSR count). The van der Waals surface area contributed by atoms with E-state index in [2.05, 4.69) is 38.3 Å². The predicted octanol–water partition coefficient (Wildman–Crippen LogP) is 4.51. The van der Waals surface area contributed by atoms with Crippen molar-refractivity contribution in [3.05, 3.63) is 41.7 Å². The summed E-state index contributed by atoms with van der Waals surface area (Å²) in [6.45, 7) is 10.4. The predicted molar refractivity (Wildman–Crippen MR) is 70.1 cm³/mol. The number of fused-ring (bicyclic) bond motifs is 1. The van der Waals surface area contributed by atoms with Gasteiger partial charge in [0.15, 0.2) is 0 Å². The summed E-state index contributed by atoms with van der Waals surface area (Å²) in [4.78, 5) is 0. The fraction of sp³-hybridized carbons (Fsp3) is 0.562. The molecule has 0 amide bonds. The van der Waals surface area contributed by atoms with Crippen LogP contribution in [0.2, 0.25) is 0 Å². The third-order valence-corrected chi connectivity index (χ3v) is 4.17. The minimum Gasteiger partial charge on any atom is -0.130 e. The molecule has 0 radical (unpaired) electrons.